The molecule has 1 N–H and O–H groups in total. The van der Waals surface area contributed by atoms with Gasteiger partial charge < -0.3 is 14.5 Å². The highest BCUT2D eigenvalue weighted by molar-refractivity contribution is 6.08. The quantitative estimate of drug-likeness (QED) is 0.259. The second-order valence-electron chi connectivity index (χ2n) is 8.78. The first-order valence-electron chi connectivity index (χ1n) is 12.1. The summed E-state index contributed by atoms with van der Waals surface area (Å²) < 4.78 is 10.8. The summed E-state index contributed by atoms with van der Waals surface area (Å²) in [6, 6.07) is 13.5. The number of rotatable bonds is 11. The molecule has 1 heterocycles. The van der Waals surface area contributed by atoms with Crippen LogP contribution in [-0.2, 0) is 11.2 Å². The van der Waals surface area contributed by atoms with Gasteiger partial charge in [0.15, 0.2) is 11.0 Å². The van der Waals surface area contributed by atoms with Crippen molar-refractivity contribution in [2.45, 2.75) is 71.8 Å². The molecular weight excluding hydrogens is 430 g/mol. The predicted molar refractivity (Wildman–Crippen MR) is 135 cm³/mol. The number of ether oxygens (including phenoxy) is 1. The van der Waals surface area contributed by atoms with Crippen molar-refractivity contribution in [3.05, 3.63) is 75.6 Å². The maximum atomic E-state index is 12.9. The summed E-state index contributed by atoms with van der Waals surface area (Å²) in [6.07, 6.45) is 8.13. The molecule has 34 heavy (non-hydrogen) atoms. The van der Waals surface area contributed by atoms with Crippen molar-refractivity contribution in [3.8, 4) is 0 Å². The number of fused-ring (bicyclic) bond motifs is 1. The molecule has 0 saturated carbocycles. The molecule has 0 bridgehead atoms. The van der Waals surface area contributed by atoms with Crippen LogP contribution in [0.4, 0.5) is 5.69 Å². The number of benzene rings is 2. The standard InChI is InChI=1S/C28H33NO5/c1-4-5-6-7-8-9-11-20-14-16-21(17-15-20)27(31)29-23-13-10-12-22-24(30)18-25(34-26(22)23)28(32)33-19(2)3/h10,12-19H,4-9,11H2,1-3H3,(H,29,31). The second kappa shape index (κ2) is 12.2. The van der Waals surface area contributed by atoms with Gasteiger partial charge in [0.05, 0.1) is 17.2 Å². The number of esters is 1. The van der Waals surface area contributed by atoms with E-state index < -0.39 is 5.97 Å². The van der Waals surface area contributed by atoms with Crippen LogP contribution in [0.1, 0.15) is 85.8 Å². The molecule has 0 spiro atoms. The first kappa shape index (κ1) is 25.2. The van der Waals surface area contributed by atoms with Gasteiger partial charge in [-0.2, -0.15) is 0 Å². The Hall–Kier alpha value is -3.41. The number of unbranched alkanes of at least 4 members (excludes halogenated alkanes) is 5. The largest absolute Gasteiger partial charge is 0.457 e. The van der Waals surface area contributed by atoms with Crippen LogP contribution in [0.25, 0.3) is 11.0 Å². The van der Waals surface area contributed by atoms with Gasteiger partial charge in [-0.05, 0) is 56.5 Å². The summed E-state index contributed by atoms with van der Waals surface area (Å²) in [7, 11) is 0. The first-order valence-corrected chi connectivity index (χ1v) is 12.1. The van der Waals surface area contributed by atoms with Gasteiger partial charge in [-0.25, -0.2) is 4.79 Å². The summed E-state index contributed by atoms with van der Waals surface area (Å²) in [5, 5.41) is 3.07. The molecule has 1 amide bonds. The van der Waals surface area contributed by atoms with E-state index >= 15 is 0 Å². The molecule has 0 unspecified atom stereocenters. The summed E-state index contributed by atoms with van der Waals surface area (Å²) in [6.45, 7) is 5.64. The Bertz CT molecular complexity index is 1180. The fraction of sp³-hybridized carbons (Fsp3) is 0.393. The van der Waals surface area contributed by atoms with Gasteiger partial charge in [0.1, 0.15) is 0 Å². The fourth-order valence-electron chi connectivity index (χ4n) is 3.78. The Morgan fingerprint density at radius 2 is 1.68 bits per heavy atom. The summed E-state index contributed by atoms with van der Waals surface area (Å²) in [5.41, 5.74) is 1.78. The van der Waals surface area contributed by atoms with E-state index in [0.717, 1.165) is 18.9 Å². The number of hydrogen-bond donors (Lipinski definition) is 1. The van der Waals surface area contributed by atoms with Crippen molar-refractivity contribution >= 4 is 28.5 Å². The van der Waals surface area contributed by atoms with Crippen LogP contribution in [-0.4, -0.2) is 18.0 Å². The first-order chi connectivity index (χ1) is 16.4. The van der Waals surface area contributed by atoms with Crippen molar-refractivity contribution < 1.29 is 18.7 Å². The van der Waals surface area contributed by atoms with E-state index in [0.29, 0.717) is 11.3 Å². The van der Waals surface area contributed by atoms with Gasteiger partial charge in [-0.3, -0.25) is 9.59 Å². The van der Waals surface area contributed by atoms with Crippen molar-refractivity contribution in [2.75, 3.05) is 5.32 Å². The maximum Gasteiger partial charge on any atom is 0.374 e. The predicted octanol–water partition coefficient (Wildman–Crippen LogP) is 6.51. The number of amides is 1. The Morgan fingerprint density at radius 3 is 2.38 bits per heavy atom. The molecule has 180 valence electrons. The molecule has 6 heteroatoms. The van der Waals surface area contributed by atoms with Gasteiger partial charge in [0, 0.05) is 11.6 Å². The van der Waals surface area contributed by atoms with Crippen LogP contribution in [0, 0.1) is 0 Å². The monoisotopic (exact) mass is 463 g/mol. The van der Waals surface area contributed by atoms with E-state index in [1.807, 2.05) is 12.1 Å². The molecule has 0 saturated heterocycles. The number of hydrogen-bond acceptors (Lipinski definition) is 5. The number of carbonyl (C=O) groups is 2. The zero-order valence-electron chi connectivity index (χ0n) is 20.2. The molecule has 3 rings (SSSR count). The van der Waals surface area contributed by atoms with E-state index in [2.05, 4.69) is 12.2 Å². The average molecular weight is 464 g/mol. The van der Waals surface area contributed by atoms with Gasteiger partial charge in [-0.15, -0.1) is 0 Å². The zero-order chi connectivity index (χ0) is 24.5. The minimum Gasteiger partial charge on any atom is -0.457 e. The zero-order valence-corrected chi connectivity index (χ0v) is 20.2. The van der Waals surface area contributed by atoms with Crippen molar-refractivity contribution in [1.29, 1.82) is 0 Å². The number of carbonyl (C=O) groups excluding carboxylic acids is 2. The van der Waals surface area contributed by atoms with E-state index in [1.54, 1.807) is 44.2 Å². The maximum absolute atomic E-state index is 12.9. The second-order valence-corrected chi connectivity index (χ2v) is 8.78. The van der Waals surface area contributed by atoms with Crippen LogP contribution in [0.2, 0.25) is 0 Å². The molecule has 0 fully saturated rings. The van der Waals surface area contributed by atoms with Gasteiger partial charge >= 0.3 is 5.97 Å². The van der Waals surface area contributed by atoms with Crippen LogP contribution in [0.15, 0.2) is 57.7 Å². The van der Waals surface area contributed by atoms with Crippen molar-refractivity contribution in [2.24, 2.45) is 0 Å². The lowest BCUT2D eigenvalue weighted by Gasteiger charge is -2.11. The van der Waals surface area contributed by atoms with E-state index in [9.17, 15) is 14.4 Å². The third-order valence-corrected chi connectivity index (χ3v) is 5.58. The molecule has 6 nitrogen and oxygen atoms in total. The minimum absolute atomic E-state index is 0.138. The highest BCUT2D eigenvalue weighted by Crippen LogP contribution is 2.24. The summed E-state index contributed by atoms with van der Waals surface area (Å²) in [4.78, 5) is 37.6. The highest BCUT2D eigenvalue weighted by Gasteiger charge is 2.18. The smallest absolute Gasteiger partial charge is 0.374 e. The number of nitrogens with one attached hydrogen (secondary N) is 1. The molecule has 1 aromatic heterocycles. The molecule has 2 aromatic carbocycles. The van der Waals surface area contributed by atoms with Crippen molar-refractivity contribution in [3.63, 3.8) is 0 Å². The molecule has 0 radical (unpaired) electrons. The topological polar surface area (TPSA) is 85.6 Å². The number of aryl methyl sites for hydroxylation is 1. The molecule has 3 aromatic rings. The third-order valence-electron chi connectivity index (χ3n) is 5.58. The fourth-order valence-corrected chi connectivity index (χ4v) is 3.78. The van der Waals surface area contributed by atoms with Crippen LogP contribution in [0.3, 0.4) is 0 Å². The lowest BCUT2D eigenvalue weighted by Crippen LogP contribution is -2.16. The third kappa shape index (κ3) is 6.80. The van der Waals surface area contributed by atoms with Gasteiger partial charge in [-0.1, -0.05) is 57.2 Å². The molecule has 0 atom stereocenters. The Labute approximate surface area is 200 Å². The summed E-state index contributed by atoms with van der Waals surface area (Å²) >= 11 is 0. The Kier molecular flexibility index (Phi) is 9.02. The van der Waals surface area contributed by atoms with E-state index in [1.165, 1.54) is 37.7 Å². The lowest BCUT2D eigenvalue weighted by atomic mass is 10.0. The van der Waals surface area contributed by atoms with Gasteiger partial charge in [0.2, 0.25) is 5.76 Å². The minimum atomic E-state index is -0.726. The van der Waals surface area contributed by atoms with E-state index in [-0.39, 0.29) is 34.2 Å². The summed E-state index contributed by atoms with van der Waals surface area (Å²) in [5.74, 6) is -1.25. The highest BCUT2D eigenvalue weighted by atomic mass is 16.6. The Morgan fingerprint density at radius 1 is 0.971 bits per heavy atom. The normalized spacial score (nSPS) is 11.1. The molecular formula is C28H33NO5. The molecule has 0 aliphatic heterocycles. The van der Waals surface area contributed by atoms with Crippen molar-refractivity contribution in [1.82, 2.24) is 0 Å². The average Bonchev–Trinajstić information content (AvgIpc) is 2.81. The van der Waals surface area contributed by atoms with Crippen LogP contribution < -0.4 is 10.7 Å². The number of para-hydroxylation sites is 1. The SMILES string of the molecule is CCCCCCCCc1ccc(C(=O)Nc2cccc3c(=O)cc(C(=O)OC(C)C)oc23)cc1. The van der Waals surface area contributed by atoms with Gasteiger partial charge in [0.25, 0.3) is 5.91 Å². The molecule has 0 aliphatic rings. The molecule has 0 aliphatic carbocycles. The Balaban J connectivity index is 1.71. The van der Waals surface area contributed by atoms with Crippen LogP contribution >= 0.6 is 0 Å². The number of anilines is 1. The van der Waals surface area contributed by atoms with E-state index in [4.69, 9.17) is 9.15 Å². The lowest BCUT2D eigenvalue weighted by molar-refractivity contribution is 0.0342. The van der Waals surface area contributed by atoms with Crippen LogP contribution in [0.5, 0.6) is 0 Å².